The van der Waals surface area contributed by atoms with Crippen LogP contribution in [-0.2, 0) is 94.0 Å². The fraction of sp³-hybridized carbons (Fsp3) is 0.846. The Morgan fingerprint density at radius 2 is 0.500 bits per heavy atom. The van der Waals surface area contributed by atoms with Gasteiger partial charge in [0.25, 0.3) is 0 Å². The van der Waals surface area contributed by atoms with E-state index in [1.165, 1.54) is 77.0 Å². The fourth-order valence-electron chi connectivity index (χ4n) is 15.0. The number of carbonyl (C=O) groups excluding carboxylic acids is 8. The van der Waals surface area contributed by atoms with E-state index in [1.807, 2.05) is 0 Å². The molecule has 0 spiro atoms. The molecule has 0 fully saturated rings. The second-order valence-electron chi connectivity index (χ2n) is 35.9. The van der Waals surface area contributed by atoms with Gasteiger partial charge in [-0.1, -0.05) is 284 Å². The van der Waals surface area contributed by atoms with Crippen LogP contribution < -0.4 is 21.3 Å². The van der Waals surface area contributed by atoms with Crippen molar-refractivity contribution in [1.29, 1.82) is 0 Å². The van der Waals surface area contributed by atoms with Crippen LogP contribution in [0.25, 0.3) is 0 Å². The van der Waals surface area contributed by atoms with Gasteiger partial charge in [-0.2, -0.15) is 0 Å². The number of phosphoric acid groups is 2. The van der Waals surface area contributed by atoms with Crippen LogP contribution in [-0.4, -0.2) is 160 Å². The summed E-state index contributed by atoms with van der Waals surface area (Å²) in [4.78, 5) is 129. The van der Waals surface area contributed by atoms with Gasteiger partial charge in [-0.25, -0.2) is 9.13 Å². The highest BCUT2D eigenvalue weighted by Crippen LogP contribution is 2.44. The van der Waals surface area contributed by atoms with Gasteiger partial charge in [0.05, 0.1) is 77.8 Å². The molecule has 0 bridgehead atoms. The van der Waals surface area contributed by atoms with Gasteiger partial charge in [-0.15, -0.1) is 0 Å². The average molecular weight is 1910 g/mol. The van der Waals surface area contributed by atoms with Crippen LogP contribution in [0.1, 0.15) is 466 Å². The number of amides is 4. The maximum Gasteiger partial charge on any atom is 0.472 e. The minimum Gasteiger partial charge on any atom is -0.462 e. The summed E-state index contributed by atoms with van der Waals surface area (Å²) in [5.74, 6) is -3.06. The Morgan fingerprint density at radius 3 is 0.773 bits per heavy atom. The van der Waals surface area contributed by atoms with Crippen molar-refractivity contribution in [3.8, 4) is 0 Å². The van der Waals surface area contributed by atoms with Crippen LogP contribution in [0.4, 0.5) is 0 Å². The summed E-state index contributed by atoms with van der Waals surface area (Å²) < 4.78 is 84.6. The van der Waals surface area contributed by atoms with Crippen molar-refractivity contribution in [3.05, 3.63) is 48.6 Å². The van der Waals surface area contributed by atoms with E-state index in [0.29, 0.717) is 89.9 Å². The lowest BCUT2D eigenvalue weighted by Gasteiger charge is -2.23. The molecule has 770 valence electrons. The number of allylic oxidation sites excluding steroid dienone is 8. The lowest BCUT2D eigenvalue weighted by atomic mass is 10.1. The van der Waals surface area contributed by atoms with Gasteiger partial charge in [0.2, 0.25) is 23.6 Å². The van der Waals surface area contributed by atoms with E-state index in [9.17, 15) is 57.3 Å². The largest absolute Gasteiger partial charge is 0.472 e. The molecule has 4 amide bonds. The van der Waals surface area contributed by atoms with E-state index in [0.717, 1.165) is 205 Å². The number of ether oxygens (including phenoxy) is 6. The van der Waals surface area contributed by atoms with Crippen LogP contribution in [0.3, 0.4) is 0 Å². The second kappa shape index (κ2) is 93.5. The van der Waals surface area contributed by atoms with E-state index in [1.54, 1.807) is 0 Å². The summed E-state index contributed by atoms with van der Waals surface area (Å²) in [5, 5.41) is 11.1. The lowest BCUT2D eigenvalue weighted by Crippen LogP contribution is -2.43. The molecule has 26 nitrogen and oxygen atoms in total. The molecule has 0 aromatic carbocycles. The molecule has 0 heterocycles. The van der Waals surface area contributed by atoms with Crippen molar-refractivity contribution in [2.24, 2.45) is 0 Å². The predicted molar refractivity (Wildman–Crippen MR) is 532 cm³/mol. The minimum absolute atomic E-state index is 0.00933. The number of carbonyl (C=O) groups is 8. The molecule has 0 aromatic rings. The first-order chi connectivity index (χ1) is 64.1. The minimum atomic E-state index is -4.80. The topological polar surface area (TPSA) is 352 Å². The fourth-order valence-corrected chi connectivity index (χ4v) is 16.5. The molecule has 0 aliphatic heterocycles. The van der Waals surface area contributed by atoms with Gasteiger partial charge in [-0.3, -0.25) is 56.5 Å². The van der Waals surface area contributed by atoms with Crippen LogP contribution in [0.15, 0.2) is 48.6 Å². The number of hydrogen-bond acceptors (Lipinski definition) is 20. The molecule has 0 aliphatic carbocycles. The summed E-state index contributed by atoms with van der Waals surface area (Å²) in [6.07, 6.45) is 68.2. The van der Waals surface area contributed by atoms with Crippen molar-refractivity contribution < 1.29 is 104 Å². The van der Waals surface area contributed by atoms with Crippen molar-refractivity contribution in [2.75, 3.05) is 65.9 Å². The summed E-state index contributed by atoms with van der Waals surface area (Å²) in [7, 11) is -9.60. The molecular formula is C104H192N4O22P2. The van der Waals surface area contributed by atoms with Crippen LogP contribution in [0.2, 0.25) is 0 Å². The van der Waals surface area contributed by atoms with E-state index in [2.05, 4.69) is 125 Å². The van der Waals surface area contributed by atoms with Crippen LogP contribution in [0.5, 0.6) is 0 Å². The molecule has 4 unspecified atom stereocenters. The zero-order valence-corrected chi connectivity index (χ0v) is 86.2. The number of rotatable bonds is 99. The Morgan fingerprint density at radius 1 is 0.258 bits per heavy atom. The number of nitrogens with one attached hydrogen (secondary N) is 4. The van der Waals surface area contributed by atoms with E-state index < -0.39 is 102 Å². The van der Waals surface area contributed by atoms with Gasteiger partial charge in [0.1, 0.15) is 24.4 Å². The highest BCUT2D eigenvalue weighted by Gasteiger charge is 2.30. The Balaban J connectivity index is 6.08. The first kappa shape index (κ1) is 127. The highest BCUT2D eigenvalue weighted by atomic mass is 31.2. The number of hydrogen-bond donors (Lipinski definition) is 6. The lowest BCUT2D eigenvalue weighted by molar-refractivity contribution is -0.152. The summed E-state index contributed by atoms with van der Waals surface area (Å²) >= 11 is 0. The first-order valence-electron chi connectivity index (χ1n) is 53.0. The normalized spacial score (nSPS) is 14.1. The zero-order chi connectivity index (χ0) is 97.0. The smallest absolute Gasteiger partial charge is 0.462 e. The van der Waals surface area contributed by atoms with Gasteiger partial charge in [-0.05, 0) is 167 Å². The number of esters is 4. The Labute approximate surface area is 801 Å². The zero-order valence-electron chi connectivity index (χ0n) is 84.4. The standard InChI is InChI=1S/C104H192N4O22P2/c1-9-17-25-33-37-41-45-53-61-73-101(113)127-93(67-57-49-29-21-13-5)77-81-121-87-91(107-99(111)85-95(69-59-51-31-23-15-7)129-103(115)75-63-55-47-43-39-35-27-19-11-3)89-125-131(117,118)123-83-79-105-97(109)71-65-66-72-98(110)106-80-84-124-132(119,120)126-90-92(88-122-82-78-94(68-58-50-30-22-14-6)128-102(114)74-62-54-46-42-38-34-26-18-10-2)108-100(112)86-96(70-60-52-32-24-16-8)130-104(116)76-64-56-48-44-40-36-28-20-12-4/h41-48,91-96H,9-40,49-90H2,1-8H3,(H,105,109)(H,106,110)(H,107,111)(H,108,112)(H,117,118)(H,119,120)/b45-41-,46-42-,47-43-,48-44-/t91?,92?,93-,94-,95-,96-/m1/s1. The molecule has 0 saturated heterocycles. The van der Waals surface area contributed by atoms with E-state index >= 15 is 0 Å². The molecule has 28 heteroatoms. The Bertz CT molecular complexity index is 2820. The SMILES string of the molecule is CCCCCC/C=C\CCCC(=O)O[C@H](CCCCCCC)CCOCC(COP(=O)(O)OCCNC(=O)CCCCC(=O)NCCOP(=O)(O)OCC(COCC[C@@H](CCCCCCC)OC(=O)CCC/C=C\CCCCCC)NC(=O)C[C@@H](CCCCCCC)OC(=O)CCC/C=C\CCCCCC)NC(=O)C[C@@H](CCCCCCC)OC(=O)CCC/C=C\CCCCCC. The third-order valence-corrected chi connectivity index (χ3v) is 24.9. The van der Waals surface area contributed by atoms with Crippen LogP contribution in [0, 0.1) is 0 Å². The van der Waals surface area contributed by atoms with Gasteiger partial charge in [0, 0.05) is 64.5 Å². The third kappa shape index (κ3) is 87.6. The van der Waals surface area contributed by atoms with Crippen molar-refractivity contribution >= 4 is 63.2 Å². The van der Waals surface area contributed by atoms with Crippen molar-refractivity contribution in [1.82, 2.24) is 21.3 Å². The van der Waals surface area contributed by atoms with Crippen molar-refractivity contribution in [2.45, 2.75) is 503 Å². The molecule has 0 aliphatic rings. The molecule has 132 heavy (non-hydrogen) atoms. The summed E-state index contributed by atoms with van der Waals surface area (Å²) in [5.41, 5.74) is 0. The summed E-state index contributed by atoms with van der Waals surface area (Å²) in [6.45, 7) is 15.2. The molecule has 0 aromatic heterocycles. The first-order valence-corrected chi connectivity index (χ1v) is 56.0. The van der Waals surface area contributed by atoms with Crippen molar-refractivity contribution in [3.63, 3.8) is 0 Å². The predicted octanol–water partition coefficient (Wildman–Crippen LogP) is 25.5. The average Bonchev–Trinajstić information content (AvgIpc) is 0.903. The molecule has 6 N–H and O–H groups in total. The maximum absolute atomic E-state index is 14.0. The van der Waals surface area contributed by atoms with Gasteiger partial charge in [0.15, 0.2) is 0 Å². The number of phosphoric ester groups is 2. The Kier molecular flexibility index (Phi) is 89.9. The third-order valence-electron chi connectivity index (χ3n) is 22.9. The van der Waals surface area contributed by atoms with E-state index in [4.69, 9.17) is 46.5 Å². The molecule has 8 atom stereocenters. The summed E-state index contributed by atoms with van der Waals surface area (Å²) in [6, 6.07) is -1.94. The Hall–Kier alpha value is -5.14. The molecule has 0 rings (SSSR count). The molecule has 0 saturated carbocycles. The second-order valence-corrected chi connectivity index (χ2v) is 38.8. The van der Waals surface area contributed by atoms with Crippen LogP contribution >= 0.6 is 15.6 Å². The van der Waals surface area contributed by atoms with Gasteiger partial charge >= 0.3 is 39.5 Å². The van der Waals surface area contributed by atoms with Gasteiger partial charge < -0.3 is 59.5 Å². The highest BCUT2D eigenvalue weighted by molar-refractivity contribution is 7.47. The molecular weight excluding hydrogens is 1720 g/mol. The quantitative estimate of drug-likeness (QED) is 0.0108. The molecule has 0 radical (unpaired) electrons. The monoisotopic (exact) mass is 1910 g/mol. The van der Waals surface area contributed by atoms with E-state index in [-0.39, 0.29) is 102 Å². The maximum atomic E-state index is 14.0. The number of unbranched alkanes of at least 4 members (excludes halogenated alkanes) is 37.